The summed E-state index contributed by atoms with van der Waals surface area (Å²) in [5.41, 5.74) is 14.2. The van der Waals surface area contributed by atoms with Crippen LogP contribution in [0.1, 0.15) is 0 Å². The minimum Gasteiger partial charge on any atom is -0.455 e. The maximum Gasteiger partial charge on any atom is 0.166 e. The summed E-state index contributed by atoms with van der Waals surface area (Å²) in [6.07, 6.45) is 0. The van der Waals surface area contributed by atoms with Crippen LogP contribution in [0.15, 0.2) is 223 Å². The van der Waals surface area contributed by atoms with E-state index in [0.29, 0.717) is 17.5 Å². The van der Waals surface area contributed by atoms with Gasteiger partial charge in [-0.25, -0.2) is 15.0 Å². The third kappa shape index (κ3) is 5.98. The molecule has 5 heteroatoms. The monoisotopic (exact) mass is 792 g/mol. The van der Waals surface area contributed by atoms with Gasteiger partial charge in [0.25, 0.3) is 0 Å². The summed E-state index contributed by atoms with van der Waals surface area (Å²) in [5.74, 6) is 1.79. The van der Waals surface area contributed by atoms with E-state index in [4.69, 9.17) is 19.4 Å². The molecule has 290 valence electrons. The van der Waals surface area contributed by atoms with Crippen molar-refractivity contribution in [2.45, 2.75) is 0 Å². The molecule has 12 rings (SSSR count). The zero-order valence-corrected chi connectivity index (χ0v) is 33.5. The first-order valence-electron chi connectivity index (χ1n) is 20.9. The Morgan fingerprint density at radius 1 is 0.306 bits per heavy atom. The molecule has 9 aromatic carbocycles. The number of hydrogen-bond donors (Lipinski definition) is 0. The van der Waals surface area contributed by atoms with Crippen LogP contribution >= 0.6 is 0 Å². The molecule has 0 unspecified atom stereocenters. The minimum absolute atomic E-state index is 0.584. The van der Waals surface area contributed by atoms with Crippen molar-refractivity contribution in [3.8, 4) is 73.2 Å². The van der Waals surface area contributed by atoms with Gasteiger partial charge in [0.1, 0.15) is 11.2 Å². The van der Waals surface area contributed by atoms with Crippen LogP contribution in [-0.2, 0) is 0 Å². The van der Waals surface area contributed by atoms with E-state index in [1.165, 1.54) is 0 Å². The summed E-state index contributed by atoms with van der Waals surface area (Å²) < 4.78 is 9.32. The lowest BCUT2D eigenvalue weighted by atomic mass is 10.0. The Kier molecular flexibility index (Phi) is 8.42. The number of para-hydroxylation sites is 3. The molecule has 0 atom stereocenters. The molecule has 0 spiro atoms. The Balaban J connectivity index is 1.07. The summed E-state index contributed by atoms with van der Waals surface area (Å²) >= 11 is 0. The first-order valence-corrected chi connectivity index (χ1v) is 20.9. The molecule has 5 nitrogen and oxygen atoms in total. The minimum atomic E-state index is 0.584. The van der Waals surface area contributed by atoms with Gasteiger partial charge in [0.2, 0.25) is 0 Å². The van der Waals surface area contributed by atoms with Gasteiger partial charge >= 0.3 is 0 Å². The highest BCUT2D eigenvalue weighted by Gasteiger charge is 2.23. The molecule has 3 heterocycles. The molecule has 0 fully saturated rings. The van der Waals surface area contributed by atoms with Gasteiger partial charge < -0.3 is 8.98 Å². The largest absolute Gasteiger partial charge is 0.455 e. The SMILES string of the molecule is c1ccc(-c2ccc(-c3nc(-c4cccc(-c5ccccc5)c4)nc(-c4ccccc4-n4c5ccccc5c5c6oc7c(-c8ccccc8)cccc7c6ccc54)n3)cc2)cc1. The fourth-order valence-electron chi connectivity index (χ4n) is 8.94. The molecule has 0 aliphatic rings. The lowest BCUT2D eigenvalue weighted by Crippen LogP contribution is -2.03. The summed E-state index contributed by atoms with van der Waals surface area (Å²) in [4.78, 5) is 15.7. The molecular weight excluding hydrogens is 757 g/mol. The fourth-order valence-corrected chi connectivity index (χ4v) is 8.94. The van der Waals surface area contributed by atoms with E-state index >= 15 is 0 Å². The fraction of sp³-hybridized carbons (Fsp3) is 0. The van der Waals surface area contributed by atoms with Crippen LogP contribution < -0.4 is 0 Å². The third-order valence-corrected chi connectivity index (χ3v) is 11.9. The number of furan rings is 1. The predicted octanol–water partition coefficient (Wildman–Crippen LogP) is 14.9. The van der Waals surface area contributed by atoms with Gasteiger partial charge in [-0.1, -0.05) is 182 Å². The lowest BCUT2D eigenvalue weighted by Gasteiger charge is -2.15. The Morgan fingerprint density at radius 3 is 1.60 bits per heavy atom. The Labute approximate surface area is 357 Å². The third-order valence-electron chi connectivity index (χ3n) is 11.9. The molecule has 0 saturated heterocycles. The van der Waals surface area contributed by atoms with Crippen LogP contribution in [0.25, 0.3) is 117 Å². The second-order valence-corrected chi connectivity index (χ2v) is 15.6. The quantitative estimate of drug-likeness (QED) is 0.161. The van der Waals surface area contributed by atoms with Gasteiger partial charge in [-0.3, -0.25) is 0 Å². The van der Waals surface area contributed by atoms with Gasteiger partial charge in [-0.15, -0.1) is 0 Å². The second-order valence-electron chi connectivity index (χ2n) is 15.6. The van der Waals surface area contributed by atoms with Gasteiger partial charge in [0, 0.05) is 38.4 Å². The standard InChI is InChI=1S/C57H36N4O/c1-4-16-37(17-5-1)39-30-32-41(33-31-39)55-58-56(43-23-14-22-42(36-43)38-18-6-2-7-19-38)60-57(59-55)48-25-11-13-29-50(48)61-49-28-12-10-24-47(49)52-51(61)35-34-46-45-27-15-26-44(53(45)62-54(46)52)40-20-8-3-9-21-40/h1-36H. The molecule has 3 aromatic heterocycles. The van der Waals surface area contributed by atoms with E-state index in [-0.39, 0.29) is 0 Å². The van der Waals surface area contributed by atoms with E-state index in [1.807, 2.05) is 18.2 Å². The normalized spacial score (nSPS) is 11.5. The van der Waals surface area contributed by atoms with Gasteiger partial charge in [0.15, 0.2) is 17.5 Å². The van der Waals surface area contributed by atoms with Crippen molar-refractivity contribution in [3.05, 3.63) is 218 Å². The number of nitrogens with zero attached hydrogens (tertiary/aromatic N) is 4. The van der Waals surface area contributed by atoms with Crippen molar-refractivity contribution in [1.82, 2.24) is 19.5 Å². The highest BCUT2D eigenvalue weighted by molar-refractivity contribution is 6.24. The number of benzene rings is 9. The van der Waals surface area contributed by atoms with Gasteiger partial charge in [-0.2, -0.15) is 0 Å². The summed E-state index contributed by atoms with van der Waals surface area (Å²) in [6.45, 7) is 0. The topological polar surface area (TPSA) is 56.7 Å². The number of fused-ring (bicyclic) bond motifs is 7. The van der Waals surface area contributed by atoms with E-state index in [0.717, 1.165) is 99.5 Å². The predicted molar refractivity (Wildman–Crippen MR) is 254 cm³/mol. The maximum absolute atomic E-state index is 6.98. The van der Waals surface area contributed by atoms with Crippen molar-refractivity contribution in [2.24, 2.45) is 0 Å². The number of hydrogen-bond acceptors (Lipinski definition) is 4. The smallest absolute Gasteiger partial charge is 0.166 e. The average Bonchev–Trinajstić information content (AvgIpc) is 3.91. The Bertz CT molecular complexity index is 3610. The second kappa shape index (κ2) is 14.7. The molecule has 0 amide bonds. The molecule has 0 saturated carbocycles. The first kappa shape index (κ1) is 35.5. The van der Waals surface area contributed by atoms with Crippen molar-refractivity contribution in [3.63, 3.8) is 0 Å². The van der Waals surface area contributed by atoms with E-state index in [1.54, 1.807) is 0 Å². The molecule has 0 bridgehead atoms. The zero-order chi connectivity index (χ0) is 41.0. The van der Waals surface area contributed by atoms with Crippen molar-refractivity contribution in [1.29, 1.82) is 0 Å². The lowest BCUT2D eigenvalue weighted by molar-refractivity contribution is 0.674. The summed E-state index contributed by atoms with van der Waals surface area (Å²) in [7, 11) is 0. The van der Waals surface area contributed by atoms with E-state index < -0.39 is 0 Å². The molecule has 0 aliphatic heterocycles. The van der Waals surface area contributed by atoms with Crippen LogP contribution in [0.4, 0.5) is 0 Å². The van der Waals surface area contributed by atoms with Crippen LogP contribution in [0.2, 0.25) is 0 Å². The van der Waals surface area contributed by atoms with Crippen molar-refractivity contribution < 1.29 is 4.42 Å². The Hall–Kier alpha value is -8.41. The van der Waals surface area contributed by atoms with Gasteiger partial charge in [-0.05, 0) is 64.2 Å². The van der Waals surface area contributed by atoms with Gasteiger partial charge in [0.05, 0.1) is 22.1 Å². The molecule has 12 aromatic rings. The highest BCUT2D eigenvalue weighted by Crippen LogP contribution is 2.44. The van der Waals surface area contributed by atoms with Crippen LogP contribution in [0, 0.1) is 0 Å². The zero-order valence-electron chi connectivity index (χ0n) is 33.5. The highest BCUT2D eigenvalue weighted by atomic mass is 16.3. The van der Waals surface area contributed by atoms with Crippen LogP contribution in [0.5, 0.6) is 0 Å². The van der Waals surface area contributed by atoms with E-state index in [2.05, 4.69) is 205 Å². The molecule has 0 aliphatic carbocycles. The summed E-state index contributed by atoms with van der Waals surface area (Å²) in [6, 6.07) is 76.1. The number of rotatable bonds is 7. The Morgan fingerprint density at radius 2 is 0.823 bits per heavy atom. The average molecular weight is 793 g/mol. The first-order chi connectivity index (χ1) is 30.7. The molecule has 62 heavy (non-hydrogen) atoms. The molecule has 0 radical (unpaired) electrons. The van der Waals surface area contributed by atoms with E-state index in [9.17, 15) is 0 Å². The van der Waals surface area contributed by atoms with Crippen molar-refractivity contribution >= 4 is 43.7 Å². The summed E-state index contributed by atoms with van der Waals surface area (Å²) in [5, 5.41) is 4.36. The maximum atomic E-state index is 6.98. The van der Waals surface area contributed by atoms with Crippen LogP contribution in [0.3, 0.4) is 0 Å². The van der Waals surface area contributed by atoms with Crippen LogP contribution in [-0.4, -0.2) is 19.5 Å². The number of aromatic nitrogens is 4. The molecular formula is C57H36N4O. The molecule has 0 N–H and O–H groups in total. The van der Waals surface area contributed by atoms with Crippen molar-refractivity contribution in [2.75, 3.05) is 0 Å².